The second kappa shape index (κ2) is 7.33. The number of nitrogens with zero attached hydrogens (tertiary/aromatic N) is 3. The van der Waals surface area contributed by atoms with Crippen molar-refractivity contribution in [1.82, 2.24) is 14.7 Å². The highest BCUT2D eigenvalue weighted by Crippen LogP contribution is 2.65. The fourth-order valence-corrected chi connectivity index (χ4v) is 8.26. The molecule has 7 heteroatoms. The summed E-state index contributed by atoms with van der Waals surface area (Å²) in [4.78, 5) is 20.1. The Balaban J connectivity index is 1.45. The number of rotatable bonds is 4. The molecule has 0 radical (unpaired) electrons. The standard InChI is InChI=1S/C26H37N3O4/c1-4-28(5-2)24(31)18-7-6-13-29(18)17-10-11-26(32)20-15-16-8-9-19(30)22-21(16)25(26,23(17)33-22)12-14-27(20)3/h8-9,17-18,20,23,30,32H,4-7,10-15H2,1-3H3/t17-,18+,20-,23+,25+,26-/m1/s1. The second-order valence-corrected chi connectivity index (χ2v) is 10.8. The van der Waals surface area contributed by atoms with E-state index in [-0.39, 0.29) is 35.9 Å². The van der Waals surface area contributed by atoms with E-state index in [4.69, 9.17) is 4.74 Å². The van der Waals surface area contributed by atoms with Crippen LogP contribution in [0.2, 0.25) is 0 Å². The molecule has 1 saturated carbocycles. The molecule has 3 aliphatic heterocycles. The first-order valence-corrected chi connectivity index (χ1v) is 12.9. The van der Waals surface area contributed by atoms with E-state index in [0.29, 0.717) is 12.2 Å². The molecule has 3 fully saturated rings. The van der Waals surface area contributed by atoms with Crippen molar-refractivity contribution in [2.45, 2.75) is 87.6 Å². The number of piperidine rings is 1. The number of hydrogen-bond acceptors (Lipinski definition) is 6. The second-order valence-electron chi connectivity index (χ2n) is 10.8. The third kappa shape index (κ3) is 2.59. The van der Waals surface area contributed by atoms with Gasteiger partial charge in [0, 0.05) is 30.7 Å². The van der Waals surface area contributed by atoms with Gasteiger partial charge in [-0.25, -0.2) is 0 Å². The number of aliphatic hydroxyl groups is 1. The maximum atomic E-state index is 13.4. The summed E-state index contributed by atoms with van der Waals surface area (Å²) in [6, 6.07) is 3.76. The summed E-state index contributed by atoms with van der Waals surface area (Å²) in [6.45, 7) is 7.32. The molecular weight excluding hydrogens is 418 g/mol. The van der Waals surface area contributed by atoms with Gasteiger partial charge < -0.3 is 24.7 Å². The summed E-state index contributed by atoms with van der Waals surface area (Å²) in [5, 5.41) is 23.2. The Kier molecular flexibility index (Phi) is 4.82. The van der Waals surface area contributed by atoms with Crippen molar-refractivity contribution in [2.75, 3.05) is 33.2 Å². The number of phenols is 1. The quantitative estimate of drug-likeness (QED) is 0.722. The van der Waals surface area contributed by atoms with E-state index >= 15 is 0 Å². The predicted octanol–water partition coefficient (Wildman–Crippen LogP) is 1.88. The van der Waals surface area contributed by atoms with Crippen LogP contribution >= 0.6 is 0 Å². The zero-order valence-corrected chi connectivity index (χ0v) is 20.1. The maximum Gasteiger partial charge on any atom is 0.239 e. The molecule has 1 aromatic carbocycles. The van der Waals surface area contributed by atoms with E-state index in [1.54, 1.807) is 6.07 Å². The Morgan fingerprint density at radius 2 is 2.00 bits per heavy atom. The molecule has 2 bridgehead atoms. The number of amides is 1. The van der Waals surface area contributed by atoms with Gasteiger partial charge in [-0.3, -0.25) is 9.69 Å². The maximum absolute atomic E-state index is 13.4. The SMILES string of the molecule is CCN(CC)C(=O)[C@@H]1CCCN1[C@@H]1CC[C@@]2(O)[C@H]3Cc4ccc(O)c5c4[C@@]2(CCN3C)[C@H]1O5. The molecule has 2 saturated heterocycles. The van der Waals surface area contributed by atoms with Crippen LogP contribution < -0.4 is 4.74 Å². The lowest BCUT2D eigenvalue weighted by atomic mass is 9.48. The molecular formula is C26H37N3O4. The lowest BCUT2D eigenvalue weighted by Gasteiger charge is -2.64. The number of ether oxygens (including phenoxy) is 1. The molecule has 2 N–H and O–H groups in total. The van der Waals surface area contributed by atoms with E-state index in [0.717, 1.165) is 63.8 Å². The van der Waals surface area contributed by atoms with Crippen LogP contribution in [0, 0.1) is 0 Å². The number of benzene rings is 1. The van der Waals surface area contributed by atoms with Crippen molar-refractivity contribution in [3.63, 3.8) is 0 Å². The minimum atomic E-state index is -0.884. The van der Waals surface area contributed by atoms with Gasteiger partial charge >= 0.3 is 0 Å². The van der Waals surface area contributed by atoms with Gasteiger partial charge in [-0.15, -0.1) is 0 Å². The van der Waals surface area contributed by atoms with E-state index in [9.17, 15) is 15.0 Å². The molecule has 2 aliphatic carbocycles. The number of carbonyl (C=O) groups excluding carboxylic acids is 1. The number of hydrogen-bond donors (Lipinski definition) is 2. The number of aromatic hydroxyl groups is 1. The molecule has 0 aromatic heterocycles. The van der Waals surface area contributed by atoms with Crippen molar-refractivity contribution >= 4 is 5.91 Å². The van der Waals surface area contributed by atoms with Gasteiger partial charge in [0.15, 0.2) is 11.5 Å². The summed E-state index contributed by atoms with van der Waals surface area (Å²) in [5.41, 5.74) is 0.838. The van der Waals surface area contributed by atoms with Crippen LogP contribution in [0.25, 0.3) is 0 Å². The summed E-state index contributed by atoms with van der Waals surface area (Å²) >= 11 is 0. The Morgan fingerprint density at radius 1 is 1.21 bits per heavy atom. The fraction of sp³-hybridized carbons (Fsp3) is 0.731. The first-order valence-electron chi connectivity index (χ1n) is 12.9. The highest BCUT2D eigenvalue weighted by molar-refractivity contribution is 5.82. The van der Waals surface area contributed by atoms with E-state index in [1.165, 1.54) is 5.56 Å². The Hall–Kier alpha value is -1.83. The van der Waals surface area contributed by atoms with Gasteiger partial charge in [-0.1, -0.05) is 6.07 Å². The van der Waals surface area contributed by atoms with Crippen molar-refractivity contribution in [2.24, 2.45) is 0 Å². The van der Waals surface area contributed by atoms with Gasteiger partial charge in [0.1, 0.15) is 6.10 Å². The van der Waals surface area contributed by atoms with E-state index in [2.05, 4.69) is 16.8 Å². The van der Waals surface area contributed by atoms with Crippen LogP contribution in [-0.4, -0.2) is 93.9 Å². The summed E-state index contributed by atoms with van der Waals surface area (Å²) in [7, 11) is 2.12. The molecule has 6 atom stereocenters. The predicted molar refractivity (Wildman–Crippen MR) is 125 cm³/mol. The number of likely N-dealkylation sites (tertiary alicyclic amines) is 2. The van der Waals surface area contributed by atoms with Gasteiger partial charge in [0.2, 0.25) is 5.91 Å². The number of carbonyl (C=O) groups is 1. The van der Waals surface area contributed by atoms with E-state index < -0.39 is 11.0 Å². The van der Waals surface area contributed by atoms with Crippen LogP contribution in [0.3, 0.4) is 0 Å². The average molecular weight is 456 g/mol. The molecule has 33 heavy (non-hydrogen) atoms. The Bertz CT molecular complexity index is 981. The summed E-state index contributed by atoms with van der Waals surface area (Å²) < 4.78 is 6.68. The molecule has 0 unspecified atom stereocenters. The van der Waals surface area contributed by atoms with Crippen molar-refractivity contribution in [3.8, 4) is 11.5 Å². The minimum absolute atomic E-state index is 0.0491. The van der Waals surface area contributed by atoms with Gasteiger partial charge in [0.05, 0.1) is 17.1 Å². The lowest BCUT2D eigenvalue weighted by molar-refractivity contribution is -0.197. The van der Waals surface area contributed by atoms with E-state index in [1.807, 2.05) is 24.8 Å². The first-order chi connectivity index (χ1) is 15.9. The zero-order chi connectivity index (χ0) is 23.1. The molecule has 180 valence electrons. The molecule has 1 amide bonds. The number of likely N-dealkylation sites (N-methyl/N-ethyl adjacent to an activating group) is 2. The third-order valence-electron chi connectivity index (χ3n) is 9.78. The Morgan fingerprint density at radius 3 is 2.76 bits per heavy atom. The molecule has 1 aromatic rings. The normalized spacial score (nSPS) is 39.3. The fourth-order valence-electron chi connectivity index (χ4n) is 8.26. The van der Waals surface area contributed by atoms with Crippen LogP contribution in [0.4, 0.5) is 0 Å². The van der Waals surface area contributed by atoms with Crippen LogP contribution in [-0.2, 0) is 16.6 Å². The van der Waals surface area contributed by atoms with Gasteiger partial charge in [0.25, 0.3) is 0 Å². The molecule has 7 nitrogen and oxygen atoms in total. The van der Waals surface area contributed by atoms with Crippen molar-refractivity contribution < 1.29 is 19.7 Å². The average Bonchev–Trinajstić information content (AvgIpc) is 3.42. The number of phenolic OH excluding ortho intramolecular Hbond substituents is 1. The highest BCUT2D eigenvalue weighted by Gasteiger charge is 2.73. The van der Waals surface area contributed by atoms with Crippen LogP contribution in [0.5, 0.6) is 11.5 Å². The van der Waals surface area contributed by atoms with Crippen LogP contribution in [0.1, 0.15) is 57.1 Å². The van der Waals surface area contributed by atoms with Crippen LogP contribution in [0.15, 0.2) is 12.1 Å². The van der Waals surface area contributed by atoms with Gasteiger partial charge in [-0.2, -0.15) is 0 Å². The summed E-state index contributed by atoms with van der Waals surface area (Å²) in [6.07, 6.45) is 4.73. The summed E-state index contributed by atoms with van der Waals surface area (Å²) in [5.74, 6) is 0.976. The topological polar surface area (TPSA) is 76.5 Å². The van der Waals surface area contributed by atoms with Crippen molar-refractivity contribution in [3.05, 3.63) is 23.3 Å². The molecule has 5 aliphatic rings. The molecule has 1 spiro atoms. The lowest BCUT2D eigenvalue weighted by Crippen LogP contribution is -2.78. The Labute approximate surface area is 196 Å². The minimum Gasteiger partial charge on any atom is -0.504 e. The van der Waals surface area contributed by atoms with Crippen molar-refractivity contribution in [1.29, 1.82) is 0 Å². The smallest absolute Gasteiger partial charge is 0.239 e. The monoisotopic (exact) mass is 455 g/mol. The third-order valence-corrected chi connectivity index (χ3v) is 9.78. The van der Waals surface area contributed by atoms with Gasteiger partial charge in [-0.05, 0) is 84.1 Å². The first kappa shape index (κ1) is 21.7. The zero-order valence-electron chi connectivity index (χ0n) is 20.1. The largest absolute Gasteiger partial charge is 0.504 e. The molecule has 6 rings (SSSR count). The molecule has 3 heterocycles. The highest BCUT2D eigenvalue weighted by atomic mass is 16.5.